The van der Waals surface area contributed by atoms with E-state index < -0.39 is 5.41 Å². The molecule has 3 heteroatoms. The second kappa shape index (κ2) is 11.0. The Bertz CT molecular complexity index is 2400. The highest BCUT2D eigenvalue weighted by Gasteiger charge is 2.46. The minimum absolute atomic E-state index is 0.422. The Balaban J connectivity index is 1.20. The molecule has 48 heavy (non-hydrogen) atoms. The van der Waals surface area contributed by atoms with E-state index >= 15 is 0 Å². The molecule has 0 amide bonds. The predicted octanol–water partition coefficient (Wildman–Crippen LogP) is 10.7. The fourth-order valence-corrected chi connectivity index (χ4v) is 7.82. The van der Waals surface area contributed by atoms with Crippen LogP contribution in [-0.4, -0.2) is 14.5 Å². The minimum Gasteiger partial charge on any atom is -0.276 e. The SMILES string of the molecule is Cc1cc(C)nc(-n2c(-c3ccc(-c4ccc5c(c4)C(c4ccccc4)(c4ccccc4)c4ccccc4-5)cc3)nc3ccccc32)c1. The summed E-state index contributed by atoms with van der Waals surface area (Å²) in [6, 6.07) is 59.2. The minimum atomic E-state index is -0.422. The Morgan fingerprint density at radius 3 is 1.81 bits per heavy atom. The fraction of sp³-hybridized carbons (Fsp3) is 0.0667. The normalized spacial score (nSPS) is 13.0. The molecule has 0 saturated carbocycles. The van der Waals surface area contributed by atoms with E-state index in [-0.39, 0.29) is 0 Å². The molecule has 9 rings (SSSR count). The Labute approximate surface area is 280 Å². The van der Waals surface area contributed by atoms with Gasteiger partial charge in [0.1, 0.15) is 11.6 Å². The van der Waals surface area contributed by atoms with Crippen LogP contribution in [-0.2, 0) is 5.41 Å². The van der Waals surface area contributed by atoms with Gasteiger partial charge in [0.25, 0.3) is 0 Å². The van der Waals surface area contributed by atoms with Crippen LogP contribution in [0.15, 0.2) is 164 Å². The average molecular weight is 616 g/mol. The number of hydrogen-bond donors (Lipinski definition) is 0. The topological polar surface area (TPSA) is 30.7 Å². The molecule has 0 saturated heterocycles. The third kappa shape index (κ3) is 4.28. The molecule has 1 aliphatic rings. The third-order valence-electron chi connectivity index (χ3n) is 9.81. The van der Waals surface area contributed by atoms with Gasteiger partial charge in [0, 0.05) is 11.3 Å². The molecule has 3 nitrogen and oxygen atoms in total. The van der Waals surface area contributed by atoms with Crippen LogP contribution in [0.5, 0.6) is 0 Å². The van der Waals surface area contributed by atoms with E-state index in [1.165, 1.54) is 50.1 Å². The highest BCUT2D eigenvalue weighted by Crippen LogP contribution is 2.56. The molecule has 6 aromatic carbocycles. The lowest BCUT2D eigenvalue weighted by Gasteiger charge is -2.34. The molecule has 8 aromatic rings. The van der Waals surface area contributed by atoms with Crippen molar-refractivity contribution in [3.8, 4) is 39.5 Å². The lowest BCUT2D eigenvalue weighted by atomic mass is 9.67. The van der Waals surface area contributed by atoms with E-state index in [0.29, 0.717) is 0 Å². The van der Waals surface area contributed by atoms with Crippen LogP contribution in [0.2, 0.25) is 0 Å². The number of pyridine rings is 1. The maximum absolute atomic E-state index is 5.10. The van der Waals surface area contributed by atoms with Gasteiger partial charge in [0.2, 0.25) is 0 Å². The fourth-order valence-electron chi connectivity index (χ4n) is 7.82. The monoisotopic (exact) mass is 615 g/mol. The summed E-state index contributed by atoms with van der Waals surface area (Å²) in [5.74, 6) is 1.77. The zero-order valence-electron chi connectivity index (χ0n) is 26.9. The van der Waals surface area contributed by atoms with E-state index in [1.807, 2.05) is 13.0 Å². The second-order valence-corrected chi connectivity index (χ2v) is 12.8. The molecule has 0 radical (unpaired) electrons. The van der Waals surface area contributed by atoms with Crippen molar-refractivity contribution in [3.63, 3.8) is 0 Å². The average Bonchev–Trinajstić information content (AvgIpc) is 3.66. The maximum Gasteiger partial charge on any atom is 0.146 e. The molecule has 0 unspecified atom stereocenters. The summed E-state index contributed by atoms with van der Waals surface area (Å²) in [7, 11) is 0. The first-order chi connectivity index (χ1) is 23.6. The van der Waals surface area contributed by atoms with Crippen molar-refractivity contribution >= 4 is 11.0 Å². The summed E-state index contributed by atoms with van der Waals surface area (Å²) >= 11 is 0. The summed E-state index contributed by atoms with van der Waals surface area (Å²) in [4.78, 5) is 10.0. The van der Waals surface area contributed by atoms with E-state index in [4.69, 9.17) is 9.97 Å². The summed E-state index contributed by atoms with van der Waals surface area (Å²) < 4.78 is 2.19. The quantitative estimate of drug-likeness (QED) is 0.193. The maximum atomic E-state index is 5.10. The Kier molecular flexibility index (Phi) is 6.48. The summed E-state index contributed by atoms with van der Waals surface area (Å²) in [5, 5.41) is 0. The first-order valence-electron chi connectivity index (χ1n) is 16.5. The lowest BCUT2D eigenvalue weighted by molar-refractivity contribution is 0.769. The molecular formula is C45H33N3. The molecule has 0 spiro atoms. The second-order valence-electron chi connectivity index (χ2n) is 12.8. The van der Waals surface area contributed by atoms with Gasteiger partial charge in [-0.05, 0) is 94.3 Å². The lowest BCUT2D eigenvalue weighted by Crippen LogP contribution is -2.28. The highest BCUT2D eigenvalue weighted by molar-refractivity contribution is 5.89. The highest BCUT2D eigenvalue weighted by atomic mass is 15.1. The van der Waals surface area contributed by atoms with Gasteiger partial charge in [-0.3, -0.25) is 4.57 Å². The van der Waals surface area contributed by atoms with Gasteiger partial charge >= 0.3 is 0 Å². The standard InChI is InChI=1S/C45H33N3/c1-30-27-31(2)46-43(28-30)48-42-20-12-11-19-41(42)47-44(48)33-23-21-32(22-24-33)34-25-26-38-37-17-9-10-18-39(37)45(40(38)29-34,35-13-5-3-6-14-35)36-15-7-4-8-16-36/h3-29H,1-2H3. The zero-order valence-corrected chi connectivity index (χ0v) is 26.9. The predicted molar refractivity (Wildman–Crippen MR) is 197 cm³/mol. The van der Waals surface area contributed by atoms with E-state index in [0.717, 1.165) is 33.9 Å². The van der Waals surface area contributed by atoms with Crippen molar-refractivity contribution < 1.29 is 0 Å². The molecule has 0 bridgehead atoms. The molecule has 0 atom stereocenters. The van der Waals surface area contributed by atoms with Crippen molar-refractivity contribution in [2.75, 3.05) is 0 Å². The first-order valence-corrected chi connectivity index (χ1v) is 16.5. The third-order valence-corrected chi connectivity index (χ3v) is 9.81. The molecule has 0 aliphatic heterocycles. The van der Waals surface area contributed by atoms with Crippen LogP contribution in [0.4, 0.5) is 0 Å². The first kappa shape index (κ1) is 28.2. The number of aryl methyl sites for hydroxylation is 2. The molecule has 228 valence electrons. The Hall–Kier alpha value is -6.06. The van der Waals surface area contributed by atoms with Gasteiger partial charge in [-0.1, -0.05) is 133 Å². The van der Waals surface area contributed by atoms with Gasteiger partial charge < -0.3 is 0 Å². The Morgan fingerprint density at radius 1 is 0.479 bits per heavy atom. The zero-order chi connectivity index (χ0) is 32.2. The van der Waals surface area contributed by atoms with E-state index in [2.05, 4.69) is 169 Å². The van der Waals surface area contributed by atoms with Crippen LogP contribution in [0.25, 0.3) is 50.5 Å². The Morgan fingerprint density at radius 2 is 1.08 bits per heavy atom. The van der Waals surface area contributed by atoms with Gasteiger partial charge in [0.15, 0.2) is 0 Å². The van der Waals surface area contributed by atoms with E-state index in [9.17, 15) is 0 Å². The van der Waals surface area contributed by atoms with Crippen molar-refractivity contribution in [2.24, 2.45) is 0 Å². The molecule has 0 fully saturated rings. The molecule has 0 N–H and O–H groups in total. The smallest absolute Gasteiger partial charge is 0.146 e. The number of aromatic nitrogens is 3. The van der Waals surface area contributed by atoms with Crippen LogP contribution >= 0.6 is 0 Å². The van der Waals surface area contributed by atoms with Crippen molar-refractivity contribution in [3.05, 3.63) is 197 Å². The van der Waals surface area contributed by atoms with Gasteiger partial charge in [-0.25, -0.2) is 9.97 Å². The number of para-hydroxylation sites is 2. The largest absolute Gasteiger partial charge is 0.276 e. The number of benzene rings is 6. The molecule has 1 aliphatic carbocycles. The van der Waals surface area contributed by atoms with Gasteiger partial charge in [-0.2, -0.15) is 0 Å². The van der Waals surface area contributed by atoms with Crippen LogP contribution < -0.4 is 0 Å². The van der Waals surface area contributed by atoms with Gasteiger partial charge in [-0.15, -0.1) is 0 Å². The summed E-state index contributed by atoms with van der Waals surface area (Å²) in [6.45, 7) is 4.16. The van der Waals surface area contributed by atoms with E-state index in [1.54, 1.807) is 0 Å². The molecule has 2 aromatic heterocycles. The molecule has 2 heterocycles. The van der Waals surface area contributed by atoms with Crippen molar-refractivity contribution in [1.29, 1.82) is 0 Å². The van der Waals surface area contributed by atoms with Crippen LogP contribution in [0, 0.1) is 13.8 Å². The number of imidazole rings is 1. The summed E-state index contributed by atoms with van der Waals surface area (Å²) in [5.41, 5.74) is 14.9. The number of rotatable bonds is 5. The van der Waals surface area contributed by atoms with Gasteiger partial charge in [0.05, 0.1) is 16.4 Å². The summed E-state index contributed by atoms with van der Waals surface area (Å²) in [6.07, 6.45) is 0. The number of fused-ring (bicyclic) bond motifs is 4. The van der Waals surface area contributed by atoms with Crippen LogP contribution in [0.3, 0.4) is 0 Å². The van der Waals surface area contributed by atoms with Crippen molar-refractivity contribution in [1.82, 2.24) is 14.5 Å². The number of nitrogens with zero attached hydrogens (tertiary/aromatic N) is 3. The van der Waals surface area contributed by atoms with Crippen molar-refractivity contribution in [2.45, 2.75) is 19.3 Å². The molecular weight excluding hydrogens is 583 g/mol. The number of hydrogen-bond acceptors (Lipinski definition) is 2. The van der Waals surface area contributed by atoms with Crippen LogP contribution in [0.1, 0.15) is 33.5 Å².